The minimum absolute atomic E-state index is 0.142. The number of benzene rings is 3. The molecule has 4 rings (SSSR count). The number of aliphatic hydroxyl groups is 2. The van der Waals surface area contributed by atoms with Crippen LogP contribution in [0.3, 0.4) is 0 Å². The highest BCUT2D eigenvalue weighted by molar-refractivity contribution is 5.95. The maximum atomic E-state index is 13.8. The number of hydroxylamine groups is 1. The van der Waals surface area contributed by atoms with E-state index in [4.69, 9.17) is 9.94 Å². The average Bonchev–Trinajstić information content (AvgIpc) is 3.53. The predicted octanol–water partition coefficient (Wildman–Crippen LogP) is 3.96. The molecule has 0 spiro atoms. The van der Waals surface area contributed by atoms with Gasteiger partial charge in [0.05, 0.1) is 19.3 Å². The van der Waals surface area contributed by atoms with E-state index in [1.54, 1.807) is 96.7 Å². The Bertz CT molecular complexity index is 1380. The number of aromatic amines is 1. The van der Waals surface area contributed by atoms with Crippen molar-refractivity contribution in [2.75, 3.05) is 6.61 Å². The molecule has 40 heavy (non-hydrogen) atoms. The van der Waals surface area contributed by atoms with Crippen molar-refractivity contribution >= 4 is 11.8 Å². The van der Waals surface area contributed by atoms with Crippen molar-refractivity contribution in [1.82, 2.24) is 20.6 Å². The molecule has 1 aromatic heterocycles. The van der Waals surface area contributed by atoms with Gasteiger partial charge in [-0.1, -0.05) is 60.7 Å². The summed E-state index contributed by atoms with van der Waals surface area (Å²) in [7, 11) is 0. The molecule has 0 radical (unpaired) electrons. The van der Waals surface area contributed by atoms with Crippen LogP contribution in [0.15, 0.2) is 91.3 Å². The van der Waals surface area contributed by atoms with Crippen molar-refractivity contribution in [1.29, 1.82) is 0 Å². The third-order valence-electron chi connectivity index (χ3n) is 6.48. The van der Waals surface area contributed by atoms with E-state index in [9.17, 15) is 19.8 Å². The van der Waals surface area contributed by atoms with Crippen LogP contribution in [0.2, 0.25) is 0 Å². The minimum atomic E-state index is -2.61. The number of para-hydroxylation sites is 1. The van der Waals surface area contributed by atoms with Crippen molar-refractivity contribution in [2.24, 2.45) is 0 Å². The van der Waals surface area contributed by atoms with E-state index in [1.807, 2.05) is 0 Å². The zero-order valence-corrected chi connectivity index (χ0v) is 21.9. The lowest BCUT2D eigenvalue weighted by Crippen LogP contribution is -2.49. The summed E-state index contributed by atoms with van der Waals surface area (Å²) in [6, 6.07) is 22.1. The highest BCUT2D eigenvalue weighted by Gasteiger charge is 2.38. The number of hydrogen-bond acceptors (Lipinski definition) is 7. The molecule has 0 saturated carbocycles. The smallest absolute Gasteiger partial charge is 0.278 e. The van der Waals surface area contributed by atoms with E-state index >= 15 is 0 Å². The first-order valence-corrected chi connectivity index (χ1v) is 12.9. The molecule has 3 aromatic carbocycles. The van der Waals surface area contributed by atoms with Crippen LogP contribution in [-0.4, -0.2) is 48.9 Å². The van der Waals surface area contributed by atoms with Crippen LogP contribution in [0, 0.1) is 0 Å². The van der Waals surface area contributed by atoms with Crippen molar-refractivity contribution in [2.45, 2.75) is 38.1 Å². The Morgan fingerprint density at radius 3 is 2.33 bits per heavy atom. The summed E-state index contributed by atoms with van der Waals surface area (Å²) in [6.07, 6.45) is 5.64. The SMILES string of the molecule is O=C(CCCCCOc1ccccc1CN(C(=O)c1ccc(-c2cn[nH]c2)cc1)C(O)(O)c1ccccc1)NO. The normalized spacial score (nSPS) is 11.2. The van der Waals surface area contributed by atoms with Gasteiger partial charge in [0, 0.05) is 34.9 Å². The first-order chi connectivity index (χ1) is 19.4. The molecule has 0 atom stereocenters. The quantitative estimate of drug-likeness (QED) is 0.0741. The van der Waals surface area contributed by atoms with Crippen LogP contribution < -0.4 is 10.2 Å². The van der Waals surface area contributed by atoms with Gasteiger partial charge in [-0.3, -0.25) is 24.8 Å². The molecule has 2 amide bonds. The Labute approximate surface area is 231 Å². The number of H-pyrrole nitrogens is 1. The van der Waals surface area contributed by atoms with Gasteiger partial charge in [0.2, 0.25) is 5.91 Å². The van der Waals surface area contributed by atoms with Crippen LogP contribution in [0.5, 0.6) is 5.75 Å². The average molecular weight is 545 g/mol. The second-order valence-corrected chi connectivity index (χ2v) is 9.26. The molecular formula is C30H32N4O6. The van der Waals surface area contributed by atoms with Gasteiger partial charge in [-0.25, -0.2) is 5.48 Å². The second-order valence-electron chi connectivity index (χ2n) is 9.26. The molecule has 0 unspecified atom stereocenters. The molecule has 10 heteroatoms. The highest BCUT2D eigenvalue weighted by Crippen LogP contribution is 2.30. The van der Waals surface area contributed by atoms with Gasteiger partial charge >= 0.3 is 0 Å². The third-order valence-corrected chi connectivity index (χ3v) is 6.48. The summed E-state index contributed by atoms with van der Waals surface area (Å²) in [4.78, 5) is 25.9. The fourth-order valence-electron chi connectivity index (χ4n) is 4.26. The molecule has 0 bridgehead atoms. The Kier molecular flexibility index (Phi) is 9.63. The summed E-state index contributed by atoms with van der Waals surface area (Å²) < 4.78 is 5.97. The molecule has 0 saturated heterocycles. The Morgan fingerprint density at radius 2 is 1.62 bits per heavy atom. The highest BCUT2D eigenvalue weighted by atomic mass is 16.5. The monoisotopic (exact) mass is 544 g/mol. The number of amides is 2. The van der Waals surface area contributed by atoms with Crippen molar-refractivity contribution in [3.63, 3.8) is 0 Å². The molecule has 4 aromatic rings. The molecule has 5 N–H and O–H groups in total. The van der Waals surface area contributed by atoms with Crippen LogP contribution >= 0.6 is 0 Å². The minimum Gasteiger partial charge on any atom is -0.493 e. The Hall–Kier alpha value is -4.51. The molecule has 0 fully saturated rings. The third kappa shape index (κ3) is 7.11. The van der Waals surface area contributed by atoms with E-state index in [1.165, 1.54) is 0 Å². The number of hydrogen-bond donors (Lipinski definition) is 5. The first-order valence-electron chi connectivity index (χ1n) is 12.9. The molecular weight excluding hydrogens is 512 g/mol. The predicted molar refractivity (Wildman–Crippen MR) is 147 cm³/mol. The topological polar surface area (TPSA) is 148 Å². The number of carbonyl (C=O) groups excluding carboxylic acids is 2. The molecule has 10 nitrogen and oxygen atoms in total. The number of carbonyl (C=O) groups is 2. The fraction of sp³-hybridized carbons (Fsp3) is 0.233. The van der Waals surface area contributed by atoms with E-state index in [0.29, 0.717) is 30.8 Å². The molecule has 0 aliphatic heterocycles. The summed E-state index contributed by atoms with van der Waals surface area (Å²) in [5, 5.41) is 38.0. The molecule has 0 aliphatic carbocycles. The fourth-order valence-corrected chi connectivity index (χ4v) is 4.26. The van der Waals surface area contributed by atoms with Gasteiger partial charge in [-0.15, -0.1) is 0 Å². The van der Waals surface area contributed by atoms with Gasteiger partial charge in [-0.05, 0) is 43.0 Å². The Balaban J connectivity index is 1.54. The number of unbranched alkanes of at least 4 members (excludes halogenated alkanes) is 2. The molecule has 208 valence electrons. The largest absolute Gasteiger partial charge is 0.493 e. The second kappa shape index (κ2) is 13.5. The van der Waals surface area contributed by atoms with Gasteiger partial charge in [0.15, 0.2) is 0 Å². The van der Waals surface area contributed by atoms with E-state index in [2.05, 4.69) is 10.2 Å². The lowest BCUT2D eigenvalue weighted by molar-refractivity contribution is -0.259. The Morgan fingerprint density at radius 1 is 0.900 bits per heavy atom. The number of nitrogens with zero attached hydrogens (tertiary/aromatic N) is 2. The summed E-state index contributed by atoms with van der Waals surface area (Å²) >= 11 is 0. The van der Waals surface area contributed by atoms with Crippen LogP contribution in [0.4, 0.5) is 0 Å². The molecule has 1 heterocycles. The lowest BCUT2D eigenvalue weighted by Gasteiger charge is -2.36. The van der Waals surface area contributed by atoms with Crippen LogP contribution in [0.25, 0.3) is 11.1 Å². The van der Waals surface area contributed by atoms with Crippen LogP contribution in [-0.2, 0) is 17.3 Å². The van der Waals surface area contributed by atoms with Crippen molar-refractivity contribution < 1.29 is 29.7 Å². The lowest BCUT2D eigenvalue weighted by atomic mass is 10.0. The van der Waals surface area contributed by atoms with Gasteiger partial charge < -0.3 is 14.9 Å². The van der Waals surface area contributed by atoms with E-state index in [-0.39, 0.29) is 24.1 Å². The van der Waals surface area contributed by atoms with E-state index < -0.39 is 17.7 Å². The number of aromatic nitrogens is 2. The maximum Gasteiger partial charge on any atom is 0.278 e. The summed E-state index contributed by atoms with van der Waals surface area (Å²) in [5.74, 6) is -3.11. The van der Waals surface area contributed by atoms with Gasteiger partial charge in [0.1, 0.15) is 5.75 Å². The summed E-state index contributed by atoms with van der Waals surface area (Å²) in [6.45, 7) is 0.223. The van der Waals surface area contributed by atoms with Crippen molar-refractivity contribution in [3.8, 4) is 16.9 Å². The standard InChI is InChI=1S/C30H32N4O6/c35-28(33-39)13-5-2-8-18-40-27-12-7-6-9-24(27)21-34(30(37,38)26-10-3-1-4-11-26)29(36)23-16-14-22(15-17-23)25-19-31-32-20-25/h1,3-4,6-7,9-12,14-17,19-20,37-39H,2,5,8,13,18,21H2,(H,31,32)(H,33,35). The maximum absolute atomic E-state index is 13.8. The number of nitrogens with one attached hydrogen (secondary N) is 2. The van der Waals surface area contributed by atoms with Crippen molar-refractivity contribution in [3.05, 3.63) is 108 Å². The van der Waals surface area contributed by atoms with E-state index in [0.717, 1.165) is 22.4 Å². The number of ether oxygens (including phenoxy) is 1. The van der Waals surface area contributed by atoms with Crippen LogP contribution in [0.1, 0.15) is 47.2 Å². The zero-order chi connectivity index (χ0) is 28.4. The zero-order valence-electron chi connectivity index (χ0n) is 21.9. The number of rotatable bonds is 13. The molecule has 0 aliphatic rings. The summed E-state index contributed by atoms with van der Waals surface area (Å²) in [5.41, 5.74) is 4.35. The first kappa shape index (κ1) is 28.5. The van der Waals surface area contributed by atoms with Gasteiger partial charge in [-0.2, -0.15) is 5.10 Å². The van der Waals surface area contributed by atoms with Gasteiger partial charge in [0.25, 0.3) is 11.8 Å².